The lowest BCUT2D eigenvalue weighted by atomic mass is 9.74. The van der Waals surface area contributed by atoms with E-state index in [9.17, 15) is 9.59 Å². The average Bonchev–Trinajstić information content (AvgIpc) is 2.25. The van der Waals surface area contributed by atoms with E-state index in [1.54, 1.807) is 6.07 Å². The predicted molar refractivity (Wildman–Crippen MR) is 75.9 cm³/mol. The number of pyridine rings is 1. The summed E-state index contributed by atoms with van der Waals surface area (Å²) in [5.41, 5.74) is -0.350. The van der Waals surface area contributed by atoms with E-state index in [0.717, 1.165) is 10.9 Å². The van der Waals surface area contributed by atoms with Crippen LogP contribution in [-0.2, 0) is 4.79 Å². The van der Waals surface area contributed by atoms with Gasteiger partial charge in [0, 0.05) is 10.7 Å². The number of aliphatic carboxylic acids is 1. The zero-order valence-electron chi connectivity index (χ0n) is 9.95. The molecule has 102 valence electrons. The second kappa shape index (κ2) is 5.58. The molecule has 0 saturated heterocycles. The summed E-state index contributed by atoms with van der Waals surface area (Å²) in [5, 5.41) is 11.7. The zero-order valence-corrected chi connectivity index (χ0v) is 13.1. The van der Waals surface area contributed by atoms with Crippen molar-refractivity contribution in [1.29, 1.82) is 0 Å². The van der Waals surface area contributed by atoms with Crippen molar-refractivity contribution >= 4 is 43.7 Å². The van der Waals surface area contributed by atoms with Gasteiger partial charge in [0.2, 0.25) is 0 Å². The summed E-state index contributed by atoms with van der Waals surface area (Å²) in [4.78, 5) is 27.1. The van der Waals surface area contributed by atoms with E-state index >= 15 is 0 Å². The van der Waals surface area contributed by atoms with E-state index in [1.807, 2.05) is 0 Å². The quantitative estimate of drug-likeness (QED) is 0.826. The maximum absolute atomic E-state index is 12.2. The summed E-state index contributed by atoms with van der Waals surface area (Å²) in [6.07, 6.45) is 3.80. The molecular weight excluding hydrogens is 380 g/mol. The van der Waals surface area contributed by atoms with Gasteiger partial charge < -0.3 is 10.4 Å². The van der Waals surface area contributed by atoms with Crippen LogP contribution in [-0.4, -0.2) is 27.5 Å². The standard InChI is InChI=1S/C12H12Br2N2O3/c13-7-4-8(14)10(15-6-7)11(19)16-12(2-1-3-12)5-9(17)18/h4,6H,1-3,5H2,(H,16,19)(H,17,18). The zero-order chi connectivity index (χ0) is 14.0. The lowest BCUT2D eigenvalue weighted by Crippen LogP contribution is -2.54. The van der Waals surface area contributed by atoms with Gasteiger partial charge in [-0.3, -0.25) is 9.59 Å². The van der Waals surface area contributed by atoms with Gasteiger partial charge in [-0.15, -0.1) is 0 Å². The van der Waals surface area contributed by atoms with E-state index in [-0.39, 0.29) is 18.0 Å². The molecule has 1 aromatic heterocycles. The molecule has 0 unspecified atom stereocenters. The minimum absolute atomic E-state index is 0.0487. The van der Waals surface area contributed by atoms with Crippen LogP contribution in [0.3, 0.4) is 0 Å². The van der Waals surface area contributed by atoms with Gasteiger partial charge in [0.1, 0.15) is 5.69 Å². The molecule has 5 nitrogen and oxygen atoms in total. The van der Waals surface area contributed by atoms with Crippen molar-refractivity contribution in [2.24, 2.45) is 0 Å². The van der Waals surface area contributed by atoms with Crippen LogP contribution >= 0.6 is 31.9 Å². The largest absolute Gasteiger partial charge is 0.481 e. The second-order valence-electron chi connectivity index (χ2n) is 4.64. The van der Waals surface area contributed by atoms with E-state index in [2.05, 4.69) is 42.2 Å². The van der Waals surface area contributed by atoms with Crippen LogP contribution in [0, 0.1) is 0 Å². The van der Waals surface area contributed by atoms with Crippen molar-refractivity contribution in [3.05, 3.63) is 26.9 Å². The van der Waals surface area contributed by atoms with Crippen LogP contribution in [0.25, 0.3) is 0 Å². The summed E-state index contributed by atoms with van der Waals surface area (Å²) < 4.78 is 1.34. The molecule has 0 atom stereocenters. The number of nitrogens with one attached hydrogen (secondary N) is 1. The Hall–Kier alpha value is -0.950. The van der Waals surface area contributed by atoms with E-state index in [0.29, 0.717) is 17.3 Å². The number of amides is 1. The highest BCUT2D eigenvalue weighted by atomic mass is 79.9. The Kier molecular flexibility index (Phi) is 4.25. The molecule has 0 radical (unpaired) electrons. The van der Waals surface area contributed by atoms with Gasteiger partial charge in [0.05, 0.1) is 16.4 Å². The van der Waals surface area contributed by atoms with Crippen LogP contribution < -0.4 is 5.32 Å². The summed E-state index contributed by atoms with van der Waals surface area (Å²) in [6.45, 7) is 0. The first-order chi connectivity index (χ1) is 8.92. The number of halogens is 2. The average molecular weight is 392 g/mol. The van der Waals surface area contributed by atoms with Crippen LogP contribution in [0.5, 0.6) is 0 Å². The van der Waals surface area contributed by atoms with Gasteiger partial charge in [-0.25, -0.2) is 4.98 Å². The predicted octanol–water partition coefficient (Wildman–Crippen LogP) is 2.73. The topological polar surface area (TPSA) is 79.3 Å². The molecule has 0 aliphatic heterocycles. The molecule has 2 N–H and O–H groups in total. The van der Waals surface area contributed by atoms with E-state index < -0.39 is 11.5 Å². The van der Waals surface area contributed by atoms with Gasteiger partial charge in [0.25, 0.3) is 5.91 Å². The van der Waals surface area contributed by atoms with E-state index in [1.165, 1.54) is 6.20 Å². The van der Waals surface area contributed by atoms with Gasteiger partial charge >= 0.3 is 5.97 Å². The fourth-order valence-electron chi connectivity index (χ4n) is 2.12. The third-order valence-corrected chi connectivity index (χ3v) is 4.24. The Balaban J connectivity index is 2.13. The molecule has 1 aliphatic rings. The highest BCUT2D eigenvalue weighted by molar-refractivity contribution is 9.11. The van der Waals surface area contributed by atoms with Gasteiger partial charge in [-0.2, -0.15) is 0 Å². The lowest BCUT2D eigenvalue weighted by molar-refractivity contribution is -0.139. The molecule has 0 aromatic carbocycles. The number of rotatable bonds is 4. The third kappa shape index (κ3) is 3.33. The maximum atomic E-state index is 12.2. The lowest BCUT2D eigenvalue weighted by Gasteiger charge is -2.41. The minimum atomic E-state index is -0.900. The smallest absolute Gasteiger partial charge is 0.305 e. The third-order valence-electron chi connectivity index (χ3n) is 3.20. The minimum Gasteiger partial charge on any atom is -0.481 e. The second-order valence-corrected chi connectivity index (χ2v) is 6.41. The number of carbonyl (C=O) groups excluding carboxylic acids is 1. The van der Waals surface area contributed by atoms with Gasteiger partial charge in [-0.05, 0) is 57.2 Å². The number of aromatic nitrogens is 1. The first-order valence-corrected chi connectivity index (χ1v) is 7.36. The molecule has 1 aliphatic carbocycles. The number of nitrogens with zero attached hydrogens (tertiary/aromatic N) is 1. The van der Waals surface area contributed by atoms with Crippen LogP contribution in [0.15, 0.2) is 21.2 Å². The summed E-state index contributed by atoms with van der Waals surface area (Å²) >= 11 is 6.54. The van der Waals surface area contributed by atoms with Crippen LogP contribution in [0.4, 0.5) is 0 Å². The van der Waals surface area contributed by atoms with Crippen molar-refractivity contribution in [2.45, 2.75) is 31.2 Å². The van der Waals surface area contributed by atoms with Crippen molar-refractivity contribution in [3.8, 4) is 0 Å². The first-order valence-electron chi connectivity index (χ1n) is 5.77. The molecule has 1 amide bonds. The van der Waals surface area contributed by atoms with Crippen molar-refractivity contribution in [2.75, 3.05) is 0 Å². The molecule has 1 aromatic rings. The molecule has 19 heavy (non-hydrogen) atoms. The highest BCUT2D eigenvalue weighted by Crippen LogP contribution is 2.35. The Bertz CT molecular complexity index is 530. The van der Waals surface area contributed by atoms with Crippen molar-refractivity contribution in [3.63, 3.8) is 0 Å². The van der Waals surface area contributed by atoms with Crippen LogP contribution in [0.1, 0.15) is 36.2 Å². The molecule has 0 bridgehead atoms. The number of carboxylic acids is 1. The Morgan fingerprint density at radius 1 is 1.42 bits per heavy atom. The molecule has 1 fully saturated rings. The fraction of sp³-hybridized carbons (Fsp3) is 0.417. The van der Waals surface area contributed by atoms with Crippen molar-refractivity contribution in [1.82, 2.24) is 10.3 Å². The fourth-order valence-corrected chi connectivity index (χ4v) is 3.29. The molecule has 1 heterocycles. The maximum Gasteiger partial charge on any atom is 0.305 e. The molecular formula is C12H12Br2N2O3. The monoisotopic (exact) mass is 390 g/mol. The molecule has 1 saturated carbocycles. The van der Waals surface area contributed by atoms with Crippen molar-refractivity contribution < 1.29 is 14.7 Å². The molecule has 2 rings (SSSR count). The Morgan fingerprint density at radius 3 is 2.58 bits per heavy atom. The molecule has 0 spiro atoms. The van der Waals surface area contributed by atoms with E-state index in [4.69, 9.17) is 5.11 Å². The Morgan fingerprint density at radius 2 is 2.11 bits per heavy atom. The molecule has 7 heteroatoms. The highest BCUT2D eigenvalue weighted by Gasteiger charge is 2.40. The normalized spacial score (nSPS) is 16.5. The Labute approximate surface area is 127 Å². The summed E-state index contributed by atoms with van der Waals surface area (Å²) in [5.74, 6) is -1.25. The summed E-state index contributed by atoms with van der Waals surface area (Å²) in [7, 11) is 0. The SMILES string of the molecule is O=C(O)CC1(NC(=O)c2ncc(Br)cc2Br)CCC1. The number of carbonyl (C=O) groups is 2. The number of hydrogen-bond acceptors (Lipinski definition) is 3. The number of carboxylic acid groups (broad SMARTS) is 1. The van der Waals surface area contributed by atoms with Gasteiger partial charge in [0.15, 0.2) is 0 Å². The van der Waals surface area contributed by atoms with Crippen LogP contribution in [0.2, 0.25) is 0 Å². The first kappa shape index (κ1) is 14.5. The summed E-state index contributed by atoms with van der Waals surface area (Å²) in [6, 6.07) is 1.73. The number of hydrogen-bond donors (Lipinski definition) is 2. The van der Waals surface area contributed by atoms with Gasteiger partial charge in [-0.1, -0.05) is 0 Å².